The molecule has 0 aliphatic heterocycles. The van der Waals surface area contributed by atoms with Gasteiger partial charge >= 0.3 is 0 Å². The van der Waals surface area contributed by atoms with Crippen molar-refractivity contribution in [3.63, 3.8) is 0 Å². The number of aliphatic hydroxyl groups excluding tert-OH is 1. The molecule has 0 aromatic carbocycles. The first kappa shape index (κ1) is 7.54. The van der Waals surface area contributed by atoms with Crippen LogP contribution in [0.4, 0.5) is 0 Å². The number of nitrogens with zero attached hydrogens (tertiary/aromatic N) is 1. The van der Waals surface area contributed by atoms with Crippen LogP contribution in [0, 0.1) is 17.2 Å². The average molecular weight is 129 g/mol. The highest BCUT2D eigenvalue weighted by Crippen LogP contribution is 1.95. The number of hydrogen-bond donors (Lipinski definition) is 1. The third-order valence-electron chi connectivity index (χ3n) is 0.784. The number of rotatable bonds is 3. The van der Waals surface area contributed by atoms with E-state index in [9.17, 15) is 0 Å². The van der Waals surface area contributed by atoms with Crippen LogP contribution in [0.2, 0.25) is 0 Å². The summed E-state index contributed by atoms with van der Waals surface area (Å²) in [6.45, 7) is -0.0936. The van der Waals surface area contributed by atoms with Crippen LogP contribution in [0.1, 0.15) is 6.42 Å². The maximum Gasteiger partial charge on any atom is 0.0736 e. The predicted octanol–water partition coefficient (Wildman–Crippen LogP) is 0.508. The van der Waals surface area contributed by atoms with Crippen LogP contribution in [0.15, 0.2) is 0 Å². The molecule has 0 aliphatic carbocycles. The SMILES string of the molecule is N#CC(CO)CC=S. The van der Waals surface area contributed by atoms with Gasteiger partial charge in [-0.05, 0) is 11.8 Å². The van der Waals surface area contributed by atoms with Gasteiger partial charge in [-0.25, -0.2) is 0 Å². The highest BCUT2D eigenvalue weighted by atomic mass is 32.1. The Balaban J connectivity index is 3.40. The zero-order valence-corrected chi connectivity index (χ0v) is 5.19. The lowest BCUT2D eigenvalue weighted by atomic mass is 10.1. The molecular formula is C5H7NOS. The molecule has 1 atom stereocenters. The van der Waals surface area contributed by atoms with Crippen LogP contribution in [-0.4, -0.2) is 17.1 Å². The van der Waals surface area contributed by atoms with E-state index in [2.05, 4.69) is 12.2 Å². The molecule has 0 spiro atoms. The van der Waals surface area contributed by atoms with Gasteiger partial charge in [0, 0.05) is 0 Å². The van der Waals surface area contributed by atoms with Crippen molar-refractivity contribution < 1.29 is 5.11 Å². The van der Waals surface area contributed by atoms with Crippen LogP contribution in [0.5, 0.6) is 0 Å². The zero-order valence-electron chi connectivity index (χ0n) is 4.37. The maximum atomic E-state index is 8.37. The summed E-state index contributed by atoms with van der Waals surface area (Å²) < 4.78 is 0. The fourth-order valence-electron chi connectivity index (χ4n) is 0.284. The fourth-order valence-corrected chi connectivity index (χ4v) is 0.517. The minimum atomic E-state index is -0.299. The third kappa shape index (κ3) is 2.67. The molecule has 1 unspecified atom stereocenters. The lowest BCUT2D eigenvalue weighted by Crippen LogP contribution is -2.01. The van der Waals surface area contributed by atoms with E-state index in [0.29, 0.717) is 6.42 Å². The molecule has 3 heteroatoms. The topological polar surface area (TPSA) is 44.0 Å². The summed E-state index contributed by atoms with van der Waals surface area (Å²) in [6.07, 6.45) is 0.502. The molecule has 0 heterocycles. The Kier molecular flexibility index (Phi) is 4.42. The van der Waals surface area contributed by atoms with Crippen molar-refractivity contribution in [2.24, 2.45) is 5.92 Å². The summed E-state index contributed by atoms with van der Waals surface area (Å²) in [4.78, 5) is 0. The summed E-state index contributed by atoms with van der Waals surface area (Å²) in [7, 11) is 0. The minimum Gasteiger partial charge on any atom is -0.395 e. The quantitative estimate of drug-likeness (QED) is 0.564. The molecule has 0 fully saturated rings. The Morgan fingerprint density at radius 3 is 2.62 bits per heavy atom. The Morgan fingerprint density at radius 1 is 1.88 bits per heavy atom. The smallest absolute Gasteiger partial charge is 0.0736 e. The average Bonchev–Trinajstić information content (AvgIpc) is 1.83. The van der Waals surface area contributed by atoms with E-state index in [0.717, 1.165) is 0 Å². The predicted molar refractivity (Wildman–Crippen MR) is 34.5 cm³/mol. The van der Waals surface area contributed by atoms with Crippen molar-refractivity contribution in [1.29, 1.82) is 5.26 Å². The lowest BCUT2D eigenvalue weighted by Gasteiger charge is -1.95. The summed E-state index contributed by atoms with van der Waals surface area (Å²) >= 11 is 4.47. The van der Waals surface area contributed by atoms with Gasteiger partial charge in [-0.2, -0.15) is 5.26 Å². The maximum absolute atomic E-state index is 8.37. The first-order chi connectivity index (χ1) is 3.85. The van der Waals surface area contributed by atoms with Gasteiger partial charge in [-0.1, -0.05) is 12.2 Å². The van der Waals surface area contributed by atoms with Crippen molar-refractivity contribution in [3.8, 4) is 6.07 Å². The first-order valence-electron chi connectivity index (χ1n) is 2.29. The van der Waals surface area contributed by atoms with Crippen LogP contribution < -0.4 is 0 Å². The van der Waals surface area contributed by atoms with Crippen molar-refractivity contribution in [3.05, 3.63) is 0 Å². The molecule has 2 nitrogen and oxygen atoms in total. The van der Waals surface area contributed by atoms with Crippen molar-refractivity contribution >= 4 is 17.6 Å². The summed E-state index contributed by atoms with van der Waals surface area (Å²) in [6, 6.07) is 1.90. The molecule has 0 aliphatic rings. The summed E-state index contributed by atoms with van der Waals surface area (Å²) in [5, 5.41) is 18.0. The first-order valence-corrected chi connectivity index (χ1v) is 2.76. The summed E-state index contributed by atoms with van der Waals surface area (Å²) in [5.74, 6) is -0.299. The zero-order chi connectivity index (χ0) is 6.41. The molecule has 0 saturated heterocycles. The molecule has 1 N–H and O–H groups in total. The van der Waals surface area contributed by atoms with Crippen molar-refractivity contribution in [2.45, 2.75) is 6.42 Å². The van der Waals surface area contributed by atoms with E-state index in [1.807, 2.05) is 6.07 Å². The Morgan fingerprint density at radius 2 is 2.50 bits per heavy atom. The lowest BCUT2D eigenvalue weighted by molar-refractivity contribution is 0.260. The molecule has 0 aromatic heterocycles. The number of thiocarbonyl (C=S) groups is 1. The minimum absolute atomic E-state index is 0.0936. The van der Waals surface area contributed by atoms with Crippen molar-refractivity contribution in [2.75, 3.05) is 6.61 Å². The highest BCUT2D eigenvalue weighted by Gasteiger charge is 2.00. The van der Waals surface area contributed by atoms with E-state index in [1.54, 1.807) is 0 Å². The Hall–Kier alpha value is -0.460. The van der Waals surface area contributed by atoms with Gasteiger partial charge in [0.05, 0.1) is 18.6 Å². The second-order valence-electron chi connectivity index (χ2n) is 1.41. The van der Waals surface area contributed by atoms with Gasteiger partial charge in [0.25, 0.3) is 0 Å². The van der Waals surface area contributed by atoms with Crippen LogP contribution in [0.3, 0.4) is 0 Å². The second-order valence-corrected chi connectivity index (χ2v) is 1.74. The molecule has 0 radical (unpaired) electrons. The van der Waals surface area contributed by atoms with E-state index >= 15 is 0 Å². The van der Waals surface area contributed by atoms with E-state index in [4.69, 9.17) is 10.4 Å². The molecule has 0 rings (SSSR count). The van der Waals surface area contributed by atoms with Gasteiger partial charge < -0.3 is 5.11 Å². The molecular weight excluding hydrogens is 122 g/mol. The Bertz CT molecular complexity index is 107. The fraction of sp³-hybridized carbons (Fsp3) is 0.600. The summed E-state index contributed by atoms with van der Waals surface area (Å²) in [5.41, 5.74) is 0. The molecule has 8 heavy (non-hydrogen) atoms. The highest BCUT2D eigenvalue weighted by molar-refractivity contribution is 7.78. The van der Waals surface area contributed by atoms with Gasteiger partial charge in [0.1, 0.15) is 0 Å². The van der Waals surface area contributed by atoms with Gasteiger partial charge in [0.2, 0.25) is 0 Å². The largest absolute Gasteiger partial charge is 0.395 e. The second kappa shape index (κ2) is 4.69. The number of aliphatic hydroxyl groups is 1. The molecule has 44 valence electrons. The van der Waals surface area contributed by atoms with E-state index in [1.165, 1.54) is 5.37 Å². The molecule has 0 aromatic rings. The number of hydrogen-bond acceptors (Lipinski definition) is 3. The van der Waals surface area contributed by atoms with E-state index < -0.39 is 0 Å². The van der Waals surface area contributed by atoms with Crippen LogP contribution in [0.25, 0.3) is 0 Å². The van der Waals surface area contributed by atoms with Crippen LogP contribution >= 0.6 is 12.2 Å². The van der Waals surface area contributed by atoms with Gasteiger partial charge in [-0.3, -0.25) is 0 Å². The van der Waals surface area contributed by atoms with Gasteiger partial charge in [-0.15, -0.1) is 0 Å². The Labute approximate surface area is 53.7 Å². The molecule has 0 amide bonds. The monoisotopic (exact) mass is 129 g/mol. The molecule has 0 saturated carbocycles. The van der Waals surface area contributed by atoms with E-state index in [-0.39, 0.29) is 12.5 Å². The normalized spacial score (nSPS) is 12.0. The van der Waals surface area contributed by atoms with Crippen LogP contribution in [-0.2, 0) is 0 Å². The van der Waals surface area contributed by atoms with Gasteiger partial charge in [0.15, 0.2) is 0 Å². The molecule has 0 bridgehead atoms. The van der Waals surface area contributed by atoms with Crippen molar-refractivity contribution in [1.82, 2.24) is 0 Å². The third-order valence-corrected chi connectivity index (χ3v) is 0.976. The standard InChI is InChI=1S/C5H7NOS/c6-3-5(4-7)1-2-8/h2,5,7H,1,4H2. The number of nitriles is 1.